The number of nitrogens with one attached hydrogen (secondary N) is 1. The minimum absolute atomic E-state index is 0.0163. The van der Waals surface area contributed by atoms with Crippen LogP contribution in [-0.4, -0.2) is 11.7 Å². The highest BCUT2D eigenvalue weighted by Gasteiger charge is 2.24. The molecular formula is C11H11NO2. The number of hydrogen-bond donors (Lipinski definition) is 1. The number of carbonyl (C=O) groups excluding carboxylic acids is 2. The van der Waals surface area contributed by atoms with Crippen LogP contribution in [0.4, 0.5) is 0 Å². The van der Waals surface area contributed by atoms with Crippen LogP contribution in [0.5, 0.6) is 0 Å². The molecule has 0 saturated carbocycles. The third kappa shape index (κ3) is 1.82. The second-order valence-electron chi connectivity index (χ2n) is 3.45. The SMILES string of the molecule is O=C1CC(=O)NC(c2ccccc2)C1. The summed E-state index contributed by atoms with van der Waals surface area (Å²) in [6, 6.07) is 9.43. The zero-order valence-electron chi connectivity index (χ0n) is 7.69. The lowest BCUT2D eigenvalue weighted by molar-refractivity contribution is -0.132. The predicted octanol–water partition coefficient (Wildman–Crippen LogP) is 1.21. The van der Waals surface area contributed by atoms with E-state index in [9.17, 15) is 9.59 Å². The molecule has 1 amide bonds. The number of carbonyl (C=O) groups is 2. The Hall–Kier alpha value is -1.64. The Labute approximate surface area is 82.1 Å². The van der Waals surface area contributed by atoms with Crippen molar-refractivity contribution in [2.75, 3.05) is 0 Å². The number of Topliss-reactive ketones (excluding diaryl/α,β-unsaturated/α-hetero) is 1. The smallest absolute Gasteiger partial charge is 0.227 e. The van der Waals surface area contributed by atoms with Crippen LogP contribution < -0.4 is 5.32 Å². The summed E-state index contributed by atoms with van der Waals surface area (Å²) in [6.45, 7) is 0. The van der Waals surface area contributed by atoms with Crippen molar-refractivity contribution >= 4 is 11.7 Å². The quantitative estimate of drug-likeness (QED) is 0.675. The van der Waals surface area contributed by atoms with Gasteiger partial charge in [-0.1, -0.05) is 30.3 Å². The molecule has 0 spiro atoms. The summed E-state index contributed by atoms with van der Waals surface area (Å²) in [4.78, 5) is 22.3. The first-order valence-electron chi connectivity index (χ1n) is 4.62. The van der Waals surface area contributed by atoms with E-state index in [1.807, 2.05) is 30.3 Å². The maximum Gasteiger partial charge on any atom is 0.227 e. The fourth-order valence-electron chi connectivity index (χ4n) is 1.66. The Kier molecular flexibility index (Phi) is 2.31. The number of rotatable bonds is 1. The first-order valence-corrected chi connectivity index (χ1v) is 4.62. The van der Waals surface area contributed by atoms with E-state index in [1.165, 1.54) is 0 Å². The maximum atomic E-state index is 11.2. The zero-order chi connectivity index (χ0) is 9.97. The molecule has 1 fully saturated rings. The molecule has 0 bridgehead atoms. The topological polar surface area (TPSA) is 46.2 Å². The molecule has 1 N–H and O–H groups in total. The Morgan fingerprint density at radius 2 is 1.86 bits per heavy atom. The highest BCUT2D eigenvalue weighted by Crippen LogP contribution is 2.20. The minimum atomic E-state index is -0.171. The van der Waals surface area contributed by atoms with E-state index >= 15 is 0 Å². The van der Waals surface area contributed by atoms with E-state index in [2.05, 4.69) is 5.32 Å². The van der Waals surface area contributed by atoms with Gasteiger partial charge in [0.2, 0.25) is 5.91 Å². The summed E-state index contributed by atoms with van der Waals surface area (Å²) >= 11 is 0. The molecule has 14 heavy (non-hydrogen) atoms. The van der Waals surface area contributed by atoms with Gasteiger partial charge in [-0.05, 0) is 5.56 Å². The van der Waals surface area contributed by atoms with Gasteiger partial charge in [0.1, 0.15) is 5.78 Å². The first kappa shape index (κ1) is 8.94. The molecule has 0 radical (unpaired) electrons. The van der Waals surface area contributed by atoms with Crippen molar-refractivity contribution in [3.05, 3.63) is 35.9 Å². The second kappa shape index (κ2) is 3.62. The minimum Gasteiger partial charge on any atom is -0.348 e. The van der Waals surface area contributed by atoms with E-state index in [-0.39, 0.29) is 24.2 Å². The Morgan fingerprint density at radius 1 is 1.14 bits per heavy atom. The normalized spacial score (nSPS) is 21.9. The van der Waals surface area contributed by atoms with Crippen molar-refractivity contribution in [2.24, 2.45) is 0 Å². The number of hydrogen-bond acceptors (Lipinski definition) is 2. The molecule has 1 saturated heterocycles. The zero-order valence-corrected chi connectivity index (χ0v) is 7.69. The molecule has 1 aromatic carbocycles. The van der Waals surface area contributed by atoms with Crippen molar-refractivity contribution in [1.82, 2.24) is 5.32 Å². The summed E-state index contributed by atoms with van der Waals surface area (Å²) in [6.07, 6.45) is 0.444. The van der Waals surface area contributed by atoms with Gasteiger partial charge in [-0.15, -0.1) is 0 Å². The molecule has 3 heteroatoms. The molecule has 1 aromatic rings. The predicted molar refractivity (Wildman–Crippen MR) is 51.6 cm³/mol. The van der Waals surface area contributed by atoms with E-state index in [4.69, 9.17) is 0 Å². The molecule has 3 nitrogen and oxygen atoms in total. The van der Waals surface area contributed by atoms with Crippen LogP contribution in [-0.2, 0) is 9.59 Å². The van der Waals surface area contributed by atoms with E-state index in [1.54, 1.807) is 0 Å². The monoisotopic (exact) mass is 189 g/mol. The standard InChI is InChI=1S/C11H11NO2/c13-9-6-10(12-11(14)7-9)8-4-2-1-3-5-8/h1-5,10H,6-7H2,(H,12,14). The molecule has 2 rings (SSSR count). The van der Waals surface area contributed by atoms with Crippen molar-refractivity contribution < 1.29 is 9.59 Å². The summed E-state index contributed by atoms with van der Waals surface area (Å²) in [7, 11) is 0. The van der Waals surface area contributed by atoms with Crippen LogP contribution in [0.2, 0.25) is 0 Å². The molecule has 0 aliphatic carbocycles. The van der Waals surface area contributed by atoms with E-state index in [0.29, 0.717) is 6.42 Å². The molecule has 0 aromatic heterocycles. The maximum absolute atomic E-state index is 11.2. The van der Waals surface area contributed by atoms with Crippen LogP contribution in [0.25, 0.3) is 0 Å². The average Bonchev–Trinajstić information content (AvgIpc) is 2.18. The van der Waals surface area contributed by atoms with Crippen LogP contribution in [0.3, 0.4) is 0 Å². The third-order valence-corrected chi connectivity index (χ3v) is 2.33. The number of ketones is 1. The molecular weight excluding hydrogens is 178 g/mol. The van der Waals surface area contributed by atoms with Crippen molar-refractivity contribution in [3.63, 3.8) is 0 Å². The van der Waals surface area contributed by atoms with Crippen molar-refractivity contribution in [2.45, 2.75) is 18.9 Å². The highest BCUT2D eigenvalue weighted by molar-refractivity contribution is 6.00. The van der Waals surface area contributed by atoms with Crippen molar-refractivity contribution in [3.8, 4) is 0 Å². The van der Waals surface area contributed by atoms with Crippen LogP contribution in [0, 0.1) is 0 Å². The van der Waals surface area contributed by atoms with Gasteiger partial charge in [0.15, 0.2) is 0 Å². The Morgan fingerprint density at radius 3 is 2.50 bits per heavy atom. The van der Waals surface area contributed by atoms with Gasteiger partial charge in [-0.25, -0.2) is 0 Å². The van der Waals surface area contributed by atoms with Gasteiger partial charge in [0.25, 0.3) is 0 Å². The van der Waals surface area contributed by atoms with E-state index < -0.39 is 0 Å². The third-order valence-electron chi connectivity index (χ3n) is 2.33. The lowest BCUT2D eigenvalue weighted by Gasteiger charge is -2.22. The second-order valence-corrected chi connectivity index (χ2v) is 3.45. The lowest BCUT2D eigenvalue weighted by Crippen LogP contribution is -2.36. The van der Waals surface area contributed by atoms with Crippen LogP contribution >= 0.6 is 0 Å². The summed E-state index contributed by atoms with van der Waals surface area (Å²) in [5.74, 6) is -0.155. The van der Waals surface area contributed by atoms with Gasteiger partial charge in [0.05, 0.1) is 12.5 Å². The van der Waals surface area contributed by atoms with Gasteiger partial charge in [-0.3, -0.25) is 9.59 Å². The van der Waals surface area contributed by atoms with Gasteiger partial charge >= 0.3 is 0 Å². The average molecular weight is 189 g/mol. The molecule has 1 heterocycles. The fourth-order valence-corrected chi connectivity index (χ4v) is 1.66. The molecule has 1 atom stereocenters. The lowest BCUT2D eigenvalue weighted by atomic mass is 9.96. The van der Waals surface area contributed by atoms with E-state index in [0.717, 1.165) is 5.56 Å². The Balaban J connectivity index is 2.19. The van der Waals surface area contributed by atoms with Gasteiger partial charge in [-0.2, -0.15) is 0 Å². The largest absolute Gasteiger partial charge is 0.348 e. The van der Waals surface area contributed by atoms with Crippen molar-refractivity contribution in [1.29, 1.82) is 0 Å². The molecule has 1 aliphatic heterocycles. The number of amides is 1. The fraction of sp³-hybridized carbons (Fsp3) is 0.273. The van der Waals surface area contributed by atoms with Crippen LogP contribution in [0.1, 0.15) is 24.4 Å². The Bertz CT molecular complexity index is 343. The van der Waals surface area contributed by atoms with Gasteiger partial charge in [0, 0.05) is 6.42 Å². The number of piperidine rings is 1. The first-order chi connectivity index (χ1) is 6.75. The van der Waals surface area contributed by atoms with Gasteiger partial charge < -0.3 is 5.32 Å². The summed E-state index contributed by atoms with van der Waals surface area (Å²) in [5.41, 5.74) is 0.994. The summed E-state index contributed by atoms with van der Waals surface area (Å²) < 4.78 is 0. The molecule has 1 aliphatic rings. The van der Waals surface area contributed by atoms with Crippen LogP contribution in [0.15, 0.2) is 30.3 Å². The number of benzene rings is 1. The summed E-state index contributed by atoms with van der Waals surface area (Å²) in [5, 5.41) is 2.80. The molecule has 1 unspecified atom stereocenters. The molecule has 72 valence electrons. The highest BCUT2D eigenvalue weighted by atomic mass is 16.2.